The number of urea groups is 1. The largest absolute Gasteiger partial charge is 0.368 e. The molecule has 0 aliphatic carbocycles. The highest BCUT2D eigenvalue weighted by Gasteiger charge is 2.21. The summed E-state index contributed by atoms with van der Waals surface area (Å²) < 4.78 is 1.08. The smallest absolute Gasteiger partial charge is 0.321 e. The van der Waals surface area contributed by atoms with Gasteiger partial charge in [0.1, 0.15) is 0 Å². The number of carbonyl (C=O) groups excluding carboxylic acids is 1. The molecular formula is C19H22BrN3O. The van der Waals surface area contributed by atoms with Gasteiger partial charge in [-0.1, -0.05) is 22.0 Å². The molecule has 0 spiro atoms. The van der Waals surface area contributed by atoms with Crippen LogP contribution in [0.1, 0.15) is 11.1 Å². The number of piperazine rings is 1. The molecule has 1 N–H and O–H groups in total. The standard InChI is InChI=1S/C19H22BrN3O/c1-14-3-6-17(13-15(14)2)21-19(24)23-11-9-22(10-12-23)18-7-4-16(20)5-8-18/h3-8,13H,9-12H2,1-2H3,(H,21,24). The van der Waals surface area contributed by atoms with Crippen molar-refractivity contribution in [3.05, 3.63) is 58.1 Å². The number of carbonyl (C=O) groups is 1. The first-order valence-electron chi connectivity index (χ1n) is 8.16. The summed E-state index contributed by atoms with van der Waals surface area (Å²) in [7, 11) is 0. The molecule has 4 nitrogen and oxygen atoms in total. The minimum atomic E-state index is -0.0197. The molecule has 0 aromatic heterocycles. The summed E-state index contributed by atoms with van der Waals surface area (Å²) in [6, 6.07) is 14.3. The van der Waals surface area contributed by atoms with Crippen molar-refractivity contribution in [2.24, 2.45) is 0 Å². The van der Waals surface area contributed by atoms with Gasteiger partial charge in [0.05, 0.1) is 0 Å². The number of amides is 2. The molecule has 0 bridgehead atoms. The summed E-state index contributed by atoms with van der Waals surface area (Å²) in [6.07, 6.45) is 0. The molecule has 3 rings (SSSR count). The molecule has 2 amide bonds. The van der Waals surface area contributed by atoms with Crippen LogP contribution >= 0.6 is 15.9 Å². The van der Waals surface area contributed by atoms with E-state index < -0.39 is 0 Å². The van der Waals surface area contributed by atoms with Gasteiger partial charge in [-0.2, -0.15) is 0 Å². The zero-order valence-electron chi connectivity index (χ0n) is 14.1. The minimum Gasteiger partial charge on any atom is -0.368 e. The van der Waals surface area contributed by atoms with Crippen molar-refractivity contribution in [1.82, 2.24) is 4.90 Å². The van der Waals surface area contributed by atoms with Crippen molar-refractivity contribution in [2.45, 2.75) is 13.8 Å². The van der Waals surface area contributed by atoms with Crippen LogP contribution in [0.15, 0.2) is 46.9 Å². The van der Waals surface area contributed by atoms with E-state index in [4.69, 9.17) is 0 Å². The fourth-order valence-electron chi connectivity index (χ4n) is 2.84. The van der Waals surface area contributed by atoms with Gasteiger partial charge >= 0.3 is 6.03 Å². The van der Waals surface area contributed by atoms with E-state index in [0.717, 1.165) is 36.3 Å². The molecule has 1 aliphatic rings. The number of nitrogens with zero attached hydrogens (tertiary/aromatic N) is 2. The third-order valence-corrected chi connectivity index (χ3v) is 5.05. The number of halogens is 1. The Morgan fingerprint density at radius 2 is 1.62 bits per heavy atom. The Hall–Kier alpha value is -2.01. The van der Waals surface area contributed by atoms with Crippen molar-refractivity contribution < 1.29 is 4.79 Å². The lowest BCUT2D eigenvalue weighted by Gasteiger charge is -2.36. The lowest BCUT2D eigenvalue weighted by atomic mass is 10.1. The van der Waals surface area contributed by atoms with E-state index in [2.05, 4.69) is 52.1 Å². The number of aryl methyl sites for hydroxylation is 2. The monoisotopic (exact) mass is 387 g/mol. The summed E-state index contributed by atoms with van der Waals surface area (Å²) in [5, 5.41) is 3.00. The predicted octanol–water partition coefficient (Wildman–Crippen LogP) is 4.42. The predicted molar refractivity (Wildman–Crippen MR) is 103 cm³/mol. The van der Waals surface area contributed by atoms with E-state index in [1.165, 1.54) is 16.8 Å². The number of hydrogen-bond donors (Lipinski definition) is 1. The topological polar surface area (TPSA) is 35.6 Å². The van der Waals surface area contributed by atoms with Crippen LogP contribution in [0.5, 0.6) is 0 Å². The summed E-state index contributed by atoms with van der Waals surface area (Å²) in [4.78, 5) is 16.6. The summed E-state index contributed by atoms with van der Waals surface area (Å²) in [5.41, 5.74) is 4.48. The highest BCUT2D eigenvalue weighted by Crippen LogP contribution is 2.20. The third kappa shape index (κ3) is 3.90. The molecule has 1 heterocycles. The van der Waals surface area contributed by atoms with Crippen molar-refractivity contribution in [2.75, 3.05) is 36.4 Å². The van der Waals surface area contributed by atoms with Crippen LogP contribution in [0.3, 0.4) is 0 Å². The second kappa shape index (κ2) is 7.26. The number of nitrogens with one attached hydrogen (secondary N) is 1. The number of hydrogen-bond acceptors (Lipinski definition) is 2. The Morgan fingerprint density at radius 3 is 2.25 bits per heavy atom. The Labute approximate surface area is 151 Å². The molecule has 1 saturated heterocycles. The van der Waals surface area contributed by atoms with Gasteiger partial charge in [-0.15, -0.1) is 0 Å². The Bertz CT molecular complexity index is 722. The SMILES string of the molecule is Cc1ccc(NC(=O)N2CCN(c3ccc(Br)cc3)CC2)cc1C. The van der Waals surface area contributed by atoms with Gasteiger partial charge in [0, 0.05) is 42.0 Å². The summed E-state index contributed by atoms with van der Waals surface area (Å²) >= 11 is 3.46. The molecule has 2 aromatic carbocycles. The van der Waals surface area contributed by atoms with Crippen LogP contribution in [-0.4, -0.2) is 37.1 Å². The highest BCUT2D eigenvalue weighted by molar-refractivity contribution is 9.10. The van der Waals surface area contributed by atoms with Gasteiger partial charge in [-0.05, 0) is 61.4 Å². The zero-order chi connectivity index (χ0) is 17.1. The van der Waals surface area contributed by atoms with E-state index in [1.54, 1.807) is 0 Å². The fraction of sp³-hybridized carbons (Fsp3) is 0.316. The van der Waals surface area contributed by atoms with Gasteiger partial charge in [-0.25, -0.2) is 4.79 Å². The Balaban J connectivity index is 1.56. The second-order valence-electron chi connectivity index (χ2n) is 6.18. The highest BCUT2D eigenvalue weighted by atomic mass is 79.9. The number of rotatable bonds is 2. The average molecular weight is 388 g/mol. The van der Waals surface area contributed by atoms with Crippen LogP contribution in [0.2, 0.25) is 0 Å². The lowest BCUT2D eigenvalue weighted by molar-refractivity contribution is 0.208. The maximum absolute atomic E-state index is 12.4. The average Bonchev–Trinajstić information content (AvgIpc) is 2.59. The molecule has 0 radical (unpaired) electrons. The Kier molecular flexibility index (Phi) is 5.09. The second-order valence-corrected chi connectivity index (χ2v) is 7.10. The molecule has 1 fully saturated rings. The third-order valence-electron chi connectivity index (χ3n) is 4.52. The quantitative estimate of drug-likeness (QED) is 0.827. The first-order chi connectivity index (χ1) is 11.5. The normalized spacial score (nSPS) is 14.6. The maximum atomic E-state index is 12.4. The lowest BCUT2D eigenvalue weighted by Crippen LogP contribution is -2.50. The van der Waals surface area contributed by atoms with Gasteiger partial charge in [0.2, 0.25) is 0 Å². The van der Waals surface area contributed by atoms with E-state index in [1.807, 2.05) is 35.2 Å². The summed E-state index contributed by atoms with van der Waals surface area (Å²) in [6.45, 7) is 7.29. The molecule has 126 valence electrons. The molecule has 0 saturated carbocycles. The number of anilines is 2. The fourth-order valence-corrected chi connectivity index (χ4v) is 3.11. The van der Waals surface area contributed by atoms with E-state index >= 15 is 0 Å². The number of benzene rings is 2. The van der Waals surface area contributed by atoms with Gasteiger partial charge in [0.15, 0.2) is 0 Å². The maximum Gasteiger partial charge on any atom is 0.321 e. The van der Waals surface area contributed by atoms with Crippen LogP contribution in [0.4, 0.5) is 16.2 Å². The van der Waals surface area contributed by atoms with E-state index in [-0.39, 0.29) is 6.03 Å². The van der Waals surface area contributed by atoms with Crippen LogP contribution in [-0.2, 0) is 0 Å². The molecule has 5 heteroatoms. The first kappa shape index (κ1) is 16.8. The van der Waals surface area contributed by atoms with Gasteiger partial charge in [0.25, 0.3) is 0 Å². The van der Waals surface area contributed by atoms with Crippen molar-refractivity contribution in [3.8, 4) is 0 Å². The van der Waals surface area contributed by atoms with Gasteiger partial charge < -0.3 is 15.1 Å². The van der Waals surface area contributed by atoms with Crippen LogP contribution in [0.25, 0.3) is 0 Å². The van der Waals surface area contributed by atoms with Crippen LogP contribution < -0.4 is 10.2 Å². The van der Waals surface area contributed by atoms with Crippen molar-refractivity contribution in [1.29, 1.82) is 0 Å². The van der Waals surface area contributed by atoms with Crippen molar-refractivity contribution in [3.63, 3.8) is 0 Å². The van der Waals surface area contributed by atoms with Gasteiger partial charge in [-0.3, -0.25) is 0 Å². The molecule has 1 aliphatic heterocycles. The Morgan fingerprint density at radius 1 is 0.958 bits per heavy atom. The molecular weight excluding hydrogens is 366 g/mol. The summed E-state index contributed by atoms with van der Waals surface area (Å²) in [5.74, 6) is 0. The molecule has 24 heavy (non-hydrogen) atoms. The van der Waals surface area contributed by atoms with Crippen LogP contribution in [0, 0.1) is 13.8 Å². The molecule has 0 atom stereocenters. The first-order valence-corrected chi connectivity index (χ1v) is 8.96. The van der Waals surface area contributed by atoms with Crippen molar-refractivity contribution >= 4 is 33.3 Å². The molecule has 0 unspecified atom stereocenters. The zero-order valence-corrected chi connectivity index (χ0v) is 15.6. The molecule has 2 aromatic rings. The van der Waals surface area contributed by atoms with E-state index in [0.29, 0.717) is 0 Å². The van der Waals surface area contributed by atoms with E-state index in [9.17, 15) is 4.79 Å². The minimum absolute atomic E-state index is 0.0197.